The van der Waals surface area contributed by atoms with Crippen LogP contribution in [0, 0.1) is 13.8 Å². The number of rotatable bonds is 8. The molecular weight excluding hydrogens is 681 g/mol. The lowest BCUT2D eigenvalue weighted by Gasteiger charge is -2.13. The molecule has 56 heavy (non-hydrogen) atoms. The first-order chi connectivity index (χ1) is 27.5. The SMILES string of the molecule is Cc1cc(C)cc(-c2ccccc2-c2ccc(-c3ccc(-c4nc(-c5ccccc5)nc(-c5cc(-c6ccccc6)cc(-c6ccccc6)c5)n4)cn3)cc2)c1. The quantitative estimate of drug-likeness (QED) is 0.157. The van der Waals surface area contributed by atoms with Crippen molar-refractivity contribution in [3.63, 3.8) is 0 Å². The zero-order valence-electron chi connectivity index (χ0n) is 31.3. The topological polar surface area (TPSA) is 51.6 Å². The number of benzene rings is 7. The van der Waals surface area contributed by atoms with E-state index in [0.29, 0.717) is 17.5 Å². The molecule has 0 unspecified atom stereocenters. The molecule has 0 saturated carbocycles. The summed E-state index contributed by atoms with van der Waals surface area (Å²) in [6.45, 7) is 4.31. The molecule has 0 N–H and O–H groups in total. The van der Waals surface area contributed by atoms with Crippen molar-refractivity contribution in [1.82, 2.24) is 19.9 Å². The highest BCUT2D eigenvalue weighted by atomic mass is 15.0. The van der Waals surface area contributed by atoms with Crippen LogP contribution in [0.25, 0.3) is 89.9 Å². The van der Waals surface area contributed by atoms with Gasteiger partial charge in [-0.05, 0) is 88.7 Å². The molecular formula is C52H38N4. The van der Waals surface area contributed by atoms with Crippen molar-refractivity contribution in [3.8, 4) is 89.9 Å². The van der Waals surface area contributed by atoms with Gasteiger partial charge in [0.05, 0.1) is 5.69 Å². The Morgan fingerprint density at radius 2 is 0.714 bits per heavy atom. The van der Waals surface area contributed by atoms with Crippen LogP contribution in [0.1, 0.15) is 11.1 Å². The predicted molar refractivity (Wildman–Crippen MR) is 231 cm³/mol. The predicted octanol–water partition coefficient (Wildman–Crippen LogP) is 13.2. The molecule has 0 aliphatic carbocycles. The van der Waals surface area contributed by atoms with E-state index in [0.717, 1.165) is 55.8 Å². The van der Waals surface area contributed by atoms with Gasteiger partial charge in [-0.15, -0.1) is 0 Å². The minimum atomic E-state index is 0.567. The van der Waals surface area contributed by atoms with E-state index in [1.165, 1.54) is 27.8 Å². The number of nitrogens with zero attached hydrogens (tertiary/aromatic N) is 4. The second kappa shape index (κ2) is 15.2. The Labute approximate surface area is 327 Å². The summed E-state index contributed by atoms with van der Waals surface area (Å²) >= 11 is 0. The summed E-state index contributed by atoms with van der Waals surface area (Å²) < 4.78 is 0. The van der Waals surface area contributed by atoms with Crippen LogP contribution in [0.15, 0.2) is 194 Å². The van der Waals surface area contributed by atoms with Crippen molar-refractivity contribution in [2.45, 2.75) is 13.8 Å². The van der Waals surface area contributed by atoms with Crippen molar-refractivity contribution in [3.05, 3.63) is 205 Å². The normalized spacial score (nSPS) is 11.0. The highest BCUT2D eigenvalue weighted by Crippen LogP contribution is 2.36. The summed E-state index contributed by atoms with van der Waals surface area (Å²) in [6, 6.07) is 65.6. The van der Waals surface area contributed by atoms with Gasteiger partial charge in [0.15, 0.2) is 17.5 Å². The van der Waals surface area contributed by atoms with E-state index in [9.17, 15) is 0 Å². The molecule has 9 aromatic rings. The maximum atomic E-state index is 5.10. The standard InChI is InChI=1S/C52H38N4/c1-35-28-36(2)30-45(29-35)48-21-13-12-20-47(48)39-22-24-40(25-23-39)49-27-26-42(34-53-49)51-54-50(41-18-10-5-11-19-41)55-52(56-51)46-32-43(37-14-6-3-7-15-37)31-44(33-46)38-16-8-4-9-17-38/h3-34H,1-2H3. The van der Waals surface area contributed by atoms with Crippen LogP contribution in [0.2, 0.25) is 0 Å². The Morgan fingerprint density at radius 1 is 0.286 bits per heavy atom. The molecule has 0 saturated heterocycles. The second-order valence-electron chi connectivity index (χ2n) is 14.1. The highest BCUT2D eigenvalue weighted by Gasteiger charge is 2.16. The fraction of sp³-hybridized carbons (Fsp3) is 0.0385. The molecule has 9 rings (SSSR count). The summed E-state index contributed by atoms with van der Waals surface area (Å²) in [5, 5.41) is 0. The lowest BCUT2D eigenvalue weighted by Crippen LogP contribution is -2.01. The minimum absolute atomic E-state index is 0.567. The van der Waals surface area contributed by atoms with Crippen molar-refractivity contribution in [1.29, 1.82) is 0 Å². The Kier molecular flexibility index (Phi) is 9.36. The molecule has 0 atom stereocenters. The van der Waals surface area contributed by atoms with Gasteiger partial charge in [-0.3, -0.25) is 4.98 Å². The zero-order valence-corrected chi connectivity index (χ0v) is 31.3. The molecule has 0 radical (unpaired) electrons. The average molecular weight is 719 g/mol. The van der Waals surface area contributed by atoms with Crippen molar-refractivity contribution >= 4 is 0 Å². The van der Waals surface area contributed by atoms with Crippen molar-refractivity contribution < 1.29 is 0 Å². The van der Waals surface area contributed by atoms with Crippen molar-refractivity contribution in [2.24, 2.45) is 0 Å². The Morgan fingerprint density at radius 3 is 1.25 bits per heavy atom. The lowest BCUT2D eigenvalue weighted by atomic mass is 9.92. The monoisotopic (exact) mass is 718 g/mol. The molecule has 0 bridgehead atoms. The van der Waals surface area contributed by atoms with Crippen LogP contribution in [-0.2, 0) is 0 Å². The van der Waals surface area contributed by atoms with Crippen LogP contribution in [0.5, 0.6) is 0 Å². The Hall–Kier alpha value is -7.30. The zero-order chi connectivity index (χ0) is 37.8. The van der Waals surface area contributed by atoms with Crippen LogP contribution in [0.4, 0.5) is 0 Å². The number of pyridine rings is 1. The van der Waals surface area contributed by atoms with Gasteiger partial charge in [0.2, 0.25) is 0 Å². The fourth-order valence-electron chi connectivity index (χ4n) is 7.34. The third-order valence-electron chi connectivity index (χ3n) is 10.0. The van der Waals surface area contributed by atoms with Gasteiger partial charge in [-0.25, -0.2) is 15.0 Å². The summed E-state index contributed by atoms with van der Waals surface area (Å²) in [5.41, 5.74) is 16.4. The summed E-state index contributed by atoms with van der Waals surface area (Å²) in [7, 11) is 0. The third kappa shape index (κ3) is 7.29. The third-order valence-corrected chi connectivity index (χ3v) is 10.0. The first-order valence-corrected chi connectivity index (χ1v) is 18.9. The number of aryl methyl sites for hydroxylation is 2. The summed E-state index contributed by atoms with van der Waals surface area (Å²) in [6.07, 6.45) is 1.86. The van der Waals surface area contributed by atoms with E-state index in [4.69, 9.17) is 19.9 Å². The van der Waals surface area contributed by atoms with Gasteiger partial charge in [-0.2, -0.15) is 0 Å². The van der Waals surface area contributed by atoms with Gasteiger partial charge >= 0.3 is 0 Å². The van der Waals surface area contributed by atoms with Gasteiger partial charge in [0.25, 0.3) is 0 Å². The van der Waals surface area contributed by atoms with Gasteiger partial charge in [0.1, 0.15) is 0 Å². The molecule has 0 aliphatic rings. The molecule has 2 heterocycles. The van der Waals surface area contributed by atoms with Gasteiger partial charge < -0.3 is 0 Å². The highest BCUT2D eigenvalue weighted by molar-refractivity contribution is 5.85. The summed E-state index contributed by atoms with van der Waals surface area (Å²) in [5.74, 6) is 1.78. The first kappa shape index (κ1) is 34.5. The number of hydrogen-bond acceptors (Lipinski definition) is 4. The minimum Gasteiger partial charge on any atom is -0.255 e. The molecule has 0 aliphatic heterocycles. The van der Waals surface area contributed by atoms with Crippen LogP contribution < -0.4 is 0 Å². The maximum absolute atomic E-state index is 5.10. The first-order valence-electron chi connectivity index (χ1n) is 18.9. The van der Waals surface area contributed by atoms with E-state index >= 15 is 0 Å². The van der Waals surface area contributed by atoms with E-state index < -0.39 is 0 Å². The van der Waals surface area contributed by atoms with E-state index in [1.807, 2.05) is 54.7 Å². The molecule has 7 aromatic carbocycles. The number of aromatic nitrogens is 4. The molecule has 0 spiro atoms. The molecule has 0 amide bonds. The molecule has 4 nitrogen and oxygen atoms in total. The van der Waals surface area contributed by atoms with Crippen molar-refractivity contribution in [2.75, 3.05) is 0 Å². The average Bonchev–Trinajstić information content (AvgIpc) is 3.27. The van der Waals surface area contributed by atoms with Gasteiger partial charge in [-0.1, -0.05) is 169 Å². The molecule has 2 aromatic heterocycles. The van der Waals surface area contributed by atoms with Crippen LogP contribution in [-0.4, -0.2) is 19.9 Å². The molecule has 0 fully saturated rings. The van der Waals surface area contributed by atoms with E-state index in [1.54, 1.807) is 0 Å². The van der Waals surface area contributed by atoms with Gasteiger partial charge in [0, 0.05) is 28.5 Å². The largest absolute Gasteiger partial charge is 0.255 e. The maximum Gasteiger partial charge on any atom is 0.165 e. The second-order valence-corrected chi connectivity index (χ2v) is 14.1. The fourth-order valence-corrected chi connectivity index (χ4v) is 7.34. The Balaban J connectivity index is 1.08. The summed E-state index contributed by atoms with van der Waals surface area (Å²) in [4.78, 5) is 20.1. The number of hydrogen-bond donors (Lipinski definition) is 0. The van der Waals surface area contributed by atoms with E-state index in [2.05, 4.69) is 153 Å². The molecule has 4 heteroatoms. The van der Waals surface area contributed by atoms with E-state index in [-0.39, 0.29) is 0 Å². The Bertz CT molecular complexity index is 2700. The lowest BCUT2D eigenvalue weighted by molar-refractivity contribution is 1.07. The van der Waals surface area contributed by atoms with Crippen LogP contribution in [0.3, 0.4) is 0 Å². The smallest absolute Gasteiger partial charge is 0.165 e. The molecule has 266 valence electrons. The van der Waals surface area contributed by atoms with Crippen LogP contribution >= 0.6 is 0 Å².